The number of aromatic nitrogens is 2. The summed E-state index contributed by atoms with van der Waals surface area (Å²) in [5.41, 5.74) is 8.33. The first-order valence-corrected chi connectivity index (χ1v) is 8.52. The highest BCUT2D eigenvalue weighted by Gasteiger charge is 2.17. The van der Waals surface area contributed by atoms with Gasteiger partial charge in [0.25, 0.3) is 5.56 Å². The number of fused-ring (bicyclic) bond motifs is 1. The minimum Gasteiger partial charge on any atom is -0.454 e. The minimum atomic E-state index is -0.813. The summed E-state index contributed by atoms with van der Waals surface area (Å²) in [6.45, 7) is 0. The fraction of sp³-hybridized carbons (Fsp3) is 0.0952. The van der Waals surface area contributed by atoms with E-state index in [0.717, 1.165) is 12.1 Å². The molecule has 0 radical (unpaired) electrons. The molecule has 0 saturated carbocycles. The van der Waals surface area contributed by atoms with Crippen LogP contribution in [-0.2, 0) is 14.1 Å². The van der Waals surface area contributed by atoms with Crippen LogP contribution in [0.2, 0.25) is 0 Å². The number of benzene rings is 2. The molecule has 28 heavy (non-hydrogen) atoms. The van der Waals surface area contributed by atoms with Gasteiger partial charge in [-0.15, -0.1) is 0 Å². The quantitative estimate of drug-likeness (QED) is 0.541. The Morgan fingerprint density at radius 1 is 0.929 bits per heavy atom. The van der Waals surface area contributed by atoms with Crippen molar-refractivity contribution in [1.82, 2.24) is 9.13 Å². The predicted octanol–water partition coefficient (Wildman–Crippen LogP) is 4.20. The molecule has 4 aromatic rings. The first-order valence-electron chi connectivity index (χ1n) is 8.52. The molecule has 2 N–H and O–H groups in total. The second-order valence-corrected chi connectivity index (χ2v) is 6.58. The molecule has 142 valence electrons. The number of rotatable bonds is 3. The van der Waals surface area contributed by atoms with Crippen molar-refractivity contribution in [2.24, 2.45) is 14.1 Å². The Balaban J connectivity index is 1.95. The summed E-state index contributed by atoms with van der Waals surface area (Å²) < 4.78 is 36.3. The summed E-state index contributed by atoms with van der Waals surface area (Å²) in [6, 6.07) is 9.79. The van der Waals surface area contributed by atoms with Gasteiger partial charge in [-0.05, 0) is 36.4 Å². The maximum Gasteiger partial charge on any atom is 0.259 e. The van der Waals surface area contributed by atoms with Crippen LogP contribution in [-0.4, -0.2) is 9.13 Å². The van der Waals surface area contributed by atoms with Crippen LogP contribution in [0, 0.1) is 11.6 Å². The topological polar surface area (TPSA) is 62.2 Å². The third-order valence-corrected chi connectivity index (χ3v) is 4.61. The van der Waals surface area contributed by atoms with Gasteiger partial charge in [0.1, 0.15) is 11.6 Å². The zero-order chi connectivity index (χ0) is 20.0. The molecule has 0 saturated heterocycles. The van der Waals surface area contributed by atoms with E-state index in [4.69, 9.17) is 10.5 Å². The molecule has 2 aromatic heterocycles. The fourth-order valence-electron chi connectivity index (χ4n) is 3.26. The number of hydrogen-bond acceptors (Lipinski definition) is 3. The summed E-state index contributed by atoms with van der Waals surface area (Å²) in [7, 11) is 3.49. The van der Waals surface area contributed by atoms with Crippen LogP contribution in [0.1, 0.15) is 0 Å². The number of halogens is 2. The maximum absolute atomic E-state index is 14.1. The number of hydrogen-bond donors (Lipinski definition) is 1. The van der Waals surface area contributed by atoms with E-state index < -0.39 is 11.6 Å². The van der Waals surface area contributed by atoms with Gasteiger partial charge in [0.15, 0.2) is 11.6 Å². The molecule has 0 aliphatic heterocycles. The lowest BCUT2D eigenvalue weighted by molar-refractivity contribution is 0.439. The summed E-state index contributed by atoms with van der Waals surface area (Å²) in [4.78, 5) is 12.5. The number of anilines is 1. The molecule has 0 bridgehead atoms. The molecule has 4 rings (SSSR count). The van der Waals surface area contributed by atoms with Gasteiger partial charge in [0.05, 0.1) is 10.9 Å². The van der Waals surface area contributed by atoms with Crippen LogP contribution in [0.15, 0.2) is 59.7 Å². The van der Waals surface area contributed by atoms with E-state index in [2.05, 4.69) is 0 Å². The largest absolute Gasteiger partial charge is 0.454 e. The first-order chi connectivity index (χ1) is 13.3. The highest BCUT2D eigenvalue weighted by Crippen LogP contribution is 2.38. The molecule has 0 fully saturated rings. The summed E-state index contributed by atoms with van der Waals surface area (Å²) in [5.74, 6) is -1.28. The lowest BCUT2D eigenvalue weighted by Crippen LogP contribution is -2.16. The van der Waals surface area contributed by atoms with E-state index in [1.165, 1.54) is 10.6 Å². The van der Waals surface area contributed by atoms with Crippen molar-refractivity contribution in [3.8, 4) is 22.6 Å². The van der Waals surface area contributed by atoms with Crippen LogP contribution in [0.3, 0.4) is 0 Å². The van der Waals surface area contributed by atoms with Crippen molar-refractivity contribution in [3.63, 3.8) is 0 Å². The van der Waals surface area contributed by atoms with Crippen molar-refractivity contribution in [2.45, 2.75) is 0 Å². The SMILES string of the molecule is Cn1cc(-c2cc(N)ccc2Oc2ccc(F)cc2F)c2c(ccn2C)c1=O. The van der Waals surface area contributed by atoms with E-state index >= 15 is 0 Å². The third kappa shape index (κ3) is 2.90. The molecule has 2 aromatic carbocycles. The maximum atomic E-state index is 14.1. The first kappa shape index (κ1) is 17.8. The Bertz CT molecular complexity index is 1270. The van der Waals surface area contributed by atoms with E-state index in [9.17, 15) is 13.6 Å². The van der Waals surface area contributed by atoms with Crippen molar-refractivity contribution in [1.29, 1.82) is 0 Å². The second-order valence-electron chi connectivity index (χ2n) is 6.58. The van der Waals surface area contributed by atoms with Crippen LogP contribution >= 0.6 is 0 Å². The molecule has 0 aliphatic rings. The summed E-state index contributed by atoms with van der Waals surface area (Å²) in [6.07, 6.45) is 3.48. The monoisotopic (exact) mass is 381 g/mol. The van der Waals surface area contributed by atoms with Crippen LogP contribution < -0.4 is 16.0 Å². The Labute approximate surface area is 159 Å². The van der Waals surface area contributed by atoms with Crippen LogP contribution in [0.5, 0.6) is 11.5 Å². The number of nitrogens with zero attached hydrogens (tertiary/aromatic N) is 2. The lowest BCUT2D eigenvalue weighted by atomic mass is 10.0. The van der Waals surface area contributed by atoms with E-state index in [1.807, 2.05) is 11.6 Å². The summed E-state index contributed by atoms with van der Waals surface area (Å²) in [5, 5.41) is 0.545. The number of pyridine rings is 1. The van der Waals surface area contributed by atoms with Crippen molar-refractivity contribution in [2.75, 3.05) is 5.73 Å². The molecule has 2 heterocycles. The van der Waals surface area contributed by atoms with Gasteiger partial charge >= 0.3 is 0 Å². The molecule has 5 nitrogen and oxygen atoms in total. The Kier molecular flexibility index (Phi) is 4.15. The van der Waals surface area contributed by atoms with Gasteiger partial charge < -0.3 is 19.6 Å². The smallest absolute Gasteiger partial charge is 0.259 e. The molecule has 7 heteroatoms. The normalized spacial score (nSPS) is 11.1. The molecule has 0 aliphatic carbocycles. The van der Waals surface area contributed by atoms with Crippen molar-refractivity contribution >= 4 is 16.6 Å². The Hall–Kier alpha value is -3.61. The molecule has 0 spiro atoms. The van der Waals surface area contributed by atoms with E-state index in [0.29, 0.717) is 33.5 Å². The zero-order valence-corrected chi connectivity index (χ0v) is 15.2. The van der Waals surface area contributed by atoms with Crippen molar-refractivity contribution < 1.29 is 13.5 Å². The minimum absolute atomic E-state index is 0.111. The number of ether oxygens (including phenoxy) is 1. The third-order valence-electron chi connectivity index (χ3n) is 4.61. The Morgan fingerprint density at radius 2 is 1.68 bits per heavy atom. The predicted molar refractivity (Wildman–Crippen MR) is 104 cm³/mol. The molecule has 0 unspecified atom stereocenters. The van der Waals surface area contributed by atoms with Gasteiger partial charge in [-0.2, -0.15) is 0 Å². The van der Waals surface area contributed by atoms with Crippen LogP contribution in [0.25, 0.3) is 22.0 Å². The fourth-order valence-corrected chi connectivity index (χ4v) is 3.26. The van der Waals surface area contributed by atoms with Gasteiger partial charge in [-0.25, -0.2) is 8.78 Å². The van der Waals surface area contributed by atoms with Crippen LogP contribution in [0.4, 0.5) is 14.5 Å². The van der Waals surface area contributed by atoms with Gasteiger partial charge in [-0.3, -0.25) is 4.79 Å². The van der Waals surface area contributed by atoms with E-state index in [1.54, 1.807) is 43.7 Å². The standard InChI is InChI=1S/C21H17F2N3O2/c1-25-8-7-14-20(25)16(11-26(2)21(14)27)15-10-13(24)4-6-18(15)28-19-5-3-12(22)9-17(19)23/h3-11H,24H2,1-2H3. The van der Waals surface area contributed by atoms with Crippen molar-refractivity contribution in [3.05, 3.63) is 76.8 Å². The lowest BCUT2D eigenvalue weighted by Gasteiger charge is -2.15. The zero-order valence-electron chi connectivity index (χ0n) is 15.2. The number of nitrogen functional groups attached to an aromatic ring is 1. The average molecular weight is 381 g/mol. The average Bonchev–Trinajstić information content (AvgIpc) is 3.04. The highest BCUT2D eigenvalue weighted by molar-refractivity contribution is 5.96. The number of aryl methyl sites for hydroxylation is 2. The van der Waals surface area contributed by atoms with Gasteiger partial charge in [0.2, 0.25) is 0 Å². The second kappa shape index (κ2) is 6.53. The summed E-state index contributed by atoms with van der Waals surface area (Å²) >= 11 is 0. The van der Waals surface area contributed by atoms with Gasteiger partial charge in [-0.1, -0.05) is 0 Å². The van der Waals surface area contributed by atoms with E-state index in [-0.39, 0.29) is 11.3 Å². The number of nitrogens with two attached hydrogens (primary N) is 1. The molecular formula is C21H17F2N3O2. The highest BCUT2D eigenvalue weighted by atomic mass is 19.1. The molecule has 0 atom stereocenters. The van der Waals surface area contributed by atoms with Gasteiger partial charge in [0, 0.05) is 49.4 Å². The molecule has 0 amide bonds. The molecular weight excluding hydrogens is 364 g/mol. The Morgan fingerprint density at radius 3 is 2.43 bits per heavy atom.